The Morgan fingerprint density at radius 1 is 0.654 bits per heavy atom. The average Bonchev–Trinajstić information content (AvgIpc) is 3.60. The van der Waals surface area contributed by atoms with Crippen LogP contribution >= 0.6 is 22.6 Å². The van der Waals surface area contributed by atoms with Gasteiger partial charge in [-0.1, -0.05) is 164 Å². The summed E-state index contributed by atoms with van der Waals surface area (Å²) < 4.78 is 11.4. The lowest BCUT2D eigenvalue weighted by molar-refractivity contribution is -0.164. The Kier molecular flexibility index (Phi) is 23.9. The topological polar surface area (TPSA) is 381 Å². The lowest BCUT2D eigenvalue weighted by Crippen LogP contribution is -2.75. The third-order valence-corrected chi connectivity index (χ3v) is 19.3. The predicted octanol–water partition coefficient (Wildman–Crippen LogP) is 5.82. The summed E-state index contributed by atoms with van der Waals surface area (Å²) in [6, 6.07) is 9.26. The number of amides is 9. The number of ether oxygens (including phenoxy) is 1. The number of imide groups is 3. The number of nitrogens with zero attached hydrogens (tertiary/aromatic N) is 1. The molecule has 4 rings (SSSR count). The third kappa shape index (κ3) is 14.4. The van der Waals surface area contributed by atoms with E-state index in [2.05, 4.69) is 16.0 Å². The number of rotatable bonds is 11. The maximum absolute atomic E-state index is 12.4. The molecule has 3 heterocycles. The summed E-state index contributed by atoms with van der Waals surface area (Å²) in [7, 11) is 1.51. The number of alkyl halides is 1. The second-order valence-corrected chi connectivity index (χ2v) is 25.1. The van der Waals surface area contributed by atoms with Crippen LogP contribution in [0.15, 0.2) is 30.3 Å². The van der Waals surface area contributed by atoms with Crippen LogP contribution in [-0.2, 0) is 59.3 Å². The fraction of sp³-hybridized carbons (Fsp3) is 0.691. The first-order valence-corrected chi connectivity index (χ1v) is 26.5. The number of nitrogens with two attached hydrogens (primary N) is 4. The summed E-state index contributed by atoms with van der Waals surface area (Å²) >= 11 is 1.96. The van der Waals surface area contributed by atoms with Crippen molar-refractivity contribution >= 4 is 87.9 Å². The van der Waals surface area contributed by atoms with Crippen molar-refractivity contribution in [1.29, 1.82) is 0 Å². The number of alkyl carbamates (subject to hydrolysis) is 1. The van der Waals surface area contributed by atoms with Crippen LogP contribution in [-0.4, -0.2) is 109 Å². The molecule has 3 aliphatic rings. The van der Waals surface area contributed by atoms with Crippen LogP contribution in [0.5, 0.6) is 0 Å². The molecule has 3 aliphatic heterocycles. The van der Waals surface area contributed by atoms with Gasteiger partial charge in [-0.05, 0) is 50.5 Å². The number of primary amides is 2. The number of carboxylic acid groups (broad SMARTS) is 2. The quantitative estimate of drug-likeness (QED) is 0.0716. The van der Waals surface area contributed by atoms with Crippen molar-refractivity contribution in [2.75, 3.05) is 12.0 Å². The number of nitrogens with one attached hydrogen (secondary N) is 3. The van der Waals surface area contributed by atoms with Crippen molar-refractivity contribution in [3.8, 4) is 0 Å². The zero-order valence-corrected chi connectivity index (χ0v) is 52.3. The van der Waals surface area contributed by atoms with Gasteiger partial charge < -0.3 is 43.2 Å². The van der Waals surface area contributed by atoms with Crippen molar-refractivity contribution in [2.24, 2.45) is 71.7 Å². The van der Waals surface area contributed by atoms with Crippen molar-refractivity contribution < 1.29 is 70.5 Å². The Morgan fingerprint density at radius 2 is 1.01 bits per heavy atom. The molecule has 22 nitrogen and oxygen atoms in total. The molecule has 78 heavy (non-hydrogen) atoms. The molecule has 1 aromatic carbocycles. The summed E-state index contributed by atoms with van der Waals surface area (Å²) in [5.41, 5.74) is 11.9. The number of carbonyl (C=O) groups excluding carboxylic acids is 9. The molecule has 0 aliphatic carbocycles. The number of carbonyl (C=O) groups is 11. The van der Waals surface area contributed by atoms with E-state index in [9.17, 15) is 52.7 Å². The van der Waals surface area contributed by atoms with Gasteiger partial charge in [0, 0.05) is 44.3 Å². The predicted molar refractivity (Wildman–Crippen MR) is 306 cm³/mol. The van der Waals surface area contributed by atoms with Crippen LogP contribution in [0.3, 0.4) is 0 Å². The summed E-state index contributed by atoms with van der Waals surface area (Å²) in [5.74, 6) is -4.79. The highest BCUT2D eigenvalue weighted by molar-refractivity contribution is 14.1. The van der Waals surface area contributed by atoms with Gasteiger partial charge in [0.15, 0.2) is 0 Å². The van der Waals surface area contributed by atoms with Gasteiger partial charge in [0.25, 0.3) is 5.91 Å². The second-order valence-electron chi connectivity index (χ2n) is 25.1. The molecule has 3 unspecified atom stereocenters. The van der Waals surface area contributed by atoms with Gasteiger partial charge in [-0.2, -0.15) is 0 Å². The Morgan fingerprint density at radius 3 is 1.35 bits per heavy atom. The van der Waals surface area contributed by atoms with Gasteiger partial charge in [-0.25, -0.2) is 4.79 Å². The normalized spacial score (nSPS) is 22.2. The third-order valence-electron chi connectivity index (χ3n) is 19.3. The van der Waals surface area contributed by atoms with Crippen molar-refractivity contribution in [3.05, 3.63) is 35.9 Å². The number of likely N-dealkylation sites (tertiary alicyclic amines) is 1. The first kappa shape index (κ1) is 72.4. The molecule has 0 radical (unpaired) electrons. The number of hydrogen-bond acceptors (Lipinski definition) is 14. The Balaban J connectivity index is -0.000000944. The summed E-state index contributed by atoms with van der Waals surface area (Å²) in [6.07, 6.45) is 0.0970. The largest absolute Gasteiger partial charge is 0.481 e. The van der Waals surface area contributed by atoms with Gasteiger partial charge in [-0.3, -0.25) is 63.5 Å². The van der Waals surface area contributed by atoms with Crippen LogP contribution < -0.4 is 38.9 Å². The minimum absolute atomic E-state index is 0. The van der Waals surface area contributed by atoms with Gasteiger partial charge in [0.2, 0.25) is 41.4 Å². The van der Waals surface area contributed by atoms with Gasteiger partial charge >= 0.3 is 18.0 Å². The molecule has 446 valence electrons. The number of hydrogen-bond donors (Lipinski definition) is 9. The van der Waals surface area contributed by atoms with Gasteiger partial charge in [0.1, 0.15) is 17.7 Å². The molecule has 0 bridgehead atoms. The van der Waals surface area contributed by atoms with E-state index in [0.29, 0.717) is 17.7 Å². The lowest BCUT2D eigenvalue weighted by atomic mass is 9.54. The smallest absolute Gasteiger partial charge is 0.408 e. The molecule has 0 aromatic heterocycles. The molecule has 9 amide bonds. The number of halogens is 1. The summed E-state index contributed by atoms with van der Waals surface area (Å²) in [5, 5.41) is 25.5. The summed E-state index contributed by atoms with van der Waals surface area (Å²) in [4.78, 5) is 128. The minimum Gasteiger partial charge on any atom is -0.481 e. The minimum atomic E-state index is -1.52. The van der Waals surface area contributed by atoms with Gasteiger partial charge in [0.05, 0.1) is 27.2 Å². The Hall–Kier alpha value is -5.56. The van der Waals surface area contributed by atoms with E-state index < -0.39 is 107 Å². The number of benzene rings is 1. The molecule has 3 fully saturated rings. The van der Waals surface area contributed by atoms with Crippen LogP contribution in [0.25, 0.3) is 0 Å². The second kappa shape index (κ2) is 25.7. The molecule has 13 N–H and O–H groups in total. The SMILES string of the molecule is CC(C)(C(N)=O)C(C)(C)C(C)(C)C(=O)O.CC(C)(C(N)=O)C(C)(C)C(C)(N)C(=O)O.CC1(C)C(=O)NC(=O)C(C)(N)C1(C)C.CC1(C)C(=O)NC(=O)C(C)(NC(=O)OCc2ccccc2)C1(C)C.CN1C(=O)CCC1=O.[2H]CI.[HH]. The van der Waals surface area contributed by atoms with Crippen molar-refractivity contribution in [1.82, 2.24) is 20.9 Å². The van der Waals surface area contributed by atoms with E-state index in [1.165, 1.54) is 18.9 Å². The molecule has 0 saturated carbocycles. The van der Waals surface area contributed by atoms with E-state index in [0.717, 1.165) is 5.56 Å². The van der Waals surface area contributed by atoms with E-state index in [1.807, 2.05) is 66.8 Å². The highest BCUT2D eigenvalue weighted by atomic mass is 127. The van der Waals surface area contributed by atoms with Crippen LogP contribution in [0, 0.1) is 48.7 Å². The first-order valence-electron chi connectivity index (χ1n) is 25.7. The van der Waals surface area contributed by atoms with Crippen molar-refractivity contribution in [3.63, 3.8) is 0 Å². The fourth-order valence-corrected chi connectivity index (χ4v) is 7.63. The maximum Gasteiger partial charge on any atom is 0.408 e. The Labute approximate surface area is 478 Å². The monoisotopic (exact) mass is 1220 g/mol. The van der Waals surface area contributed by atoms with E-state index in [4.69, 9.17) is 39.3 Å². The molecular formula is C55H95IN8O14. The molecule has 1 aromatic rings. The molecule has 3 atom stereocenters. The zero-order valence-electron chi connectivity index (χ0n) is 51.1. The van der Waals surface area contributed by atoms with Crippen LogP contribution in [0.2, 0.25) is 0 Å². The fourth-order valence-electron chi connectivity index (χ4n) is 7.63. The zero-order chi connectivity index (χ0) is 63.7. The van der Waals surface area contributed by atoms with Crippen molar-refractivity contribution in [2.45, 2.75) is 181 Å². The highest BCUT2D eigenvalue weighted by Gasteiger charge is 2.63. The highest BCUT2D eigenvalue weighted by Crippen LogP contribution is 2.52. The molecule has 23 heteroatoms. The van der Waals surface area contributed by atoms with Gasteiger partial charge in [-0.15, -0.1) is 0 Å². The van der Waals surface area contributed by atoms with E-state index >= 15 is 0 Å². The lowest BCUT2D eigenvalue weighted by Gasteiger charge is -2.54. The van der Waals surface area contributed by atoms with E-state index in [1.54, 1.807) is 125 Å². The molecule has 3 saturated heterocycles. The number of aliphatic carboxylic acids is 2. The average molecular weight is 1220 g/mol. The molecule has 0 spiro atoms. The number of carboxylic acids is 2. The maximum atomic E-state index is 12.4. The first-order chi connectivity index (χ1) is 35.0. The number of piperidine rings is 2. The van der Waals surface area contributed by atoms with E-state index in [-0.39, 0.29) is 31.7 Å². The van der Waals surface area contributed by atoms with Crippen LogP contribution in [0.4, 0.5) is 4.79 Å². The Bertz CT molecular complexity index is 2310. The van der Waals surface area contributed by atoms with Crippen LogP contribution in [0.1, 0.15) is 167 Å². The molecular weight excluding hydrogens is 1120 g/mol. The standard InChI is InChI=1S/C18H24N2O4.C11H21NO3.C10H20N2O3.C10H18N2O2.C5H7NO2.CH3I.H2/c1-16(2)13(21)19-14(22)18(5,17(16,3)4)20-15(23)24-11-12-9-7-6-8-10-12;1-9(2,7(12)13)11(5,6)10(3,4)8(14)15;1-8(2,6(11)13)9(3,4)10(5,12)7(14)15;1-8(2)6(13)12-7(14)10(5,11)9(8,3)4;1-6-4(7)2-3-5(6)8;1-2;/h6-10H,11H2,1-5H3,(H,20,23)(H,19,21,22);1-6H3,(H2,12,13)(H,14,15);12H2,1-5H3,(H2,11,13)(H,14,15);11H2,1-5H3,(H,12,13,14);2-3H2,1H3;1H3;1H/i;;;;;1D;. The summed E-state index contributed by atoms with van der Waals surface area (Å²) in [6.45, 7) is 35.7.